The number of piperidine rings is 1. The molecule has 0 radical (unpaired) electrons. The average molecular weight is 280 g/mol. The molecule has 3 nitrogen and oxygen atoms in total. The van der Waals surface area contributed by atoms with Crippen LogP contribution >= 0.6 is 11.3 Å². The van der Waals surface area contributed by atoms with E-state index in [1.165, 1.54) is 30.8 Å². The van der Waals surface area contributed by atoms with E-state index in [-0.39, 0.29) is 5.91 Å². The molecule has 1 amide bonds. The van der Waals surface area contributed by atoms with Gasteiger partial charge in [0.05, 0.1) is 4.88 Å². The zero-order chi connectivity index (χ0) is 13.7. The molecular formula is C15H24N2OS. The van der Waals surface area contributed by atoms with E-state index in [1.807, 2.05) is 17.5 Å². The first-order chi connectivity index (χ1) is 9.15. The van der Waals surface area contributed by atoms with Crippen molar-refractivity contribution in [3.63, 3.8) is 0 Å². The number of hydrogen-bond donors (Lipinski definition) is 1. The molecule has 1 aromatic rings. The lowest BCUT2D eigenvalue weighted by atomic mass is 9.92. The SMILES string of the molecule is C[C@@H]1C[C@@H](C)CN(CCCNC(=O)c2cccs2)C1. The summed E-state index contributed by atoms with van der Waals surface area (Å²) in [7, 11) is 0. The first kappa shape index (κ1) is 14.5. The molecule has 1 aliphatic rings. The van der Waals surface area contributed by atoms with Gasteiger partial charge in [0.1, 0.15) is 0 Å². The summed E-state index contributed by atoms with van der Waals surface area (Å²) >= 11 is 1.50. The van der Waals surface area contributed by atoms with Gasteiger partial charge in [-0.05, 0) is 42.7 Å². The molecule has 2 heterocycles. The molecule has 1 aliphatic heterocycles. The zero-order valence-electron chi connectivity index (χ0n) is 11.9. The van der Waals surface area contributed by atoms with Crippen LogP contribution in [0.3, 0.4) is 0 Å². The van der Waals surface area contributed by atoms with E-state index in [4.69, 9.17) is 0 Å². The molecule has 1 saturated heterocycles. The van der Waals surface area contributed by atoms with Gasteiger partial charge in [-0.1, -0.05) is 19.9 Å². The number of nitrogens with zero attached hydrogens (tertiary/aromatic N) is 1. The lowest BCUT2D eigenvalue weighted by molar-refractivity contribution is 0.0951. The maximum Gasteiger partial charge on any atom is 0.261 e. The van der Waals surface area contributed by atoms with Gasteiger partial charge in [-0.2, -0.15) is 0 Å². The first-order valence-electron chi connectivity index (χ1n) is 7.19. The molecule has 1 N–H and O–H groups in total. The van der Waals surface area contributed by atoms with Crippen LogP contribution in [0.5, 0.6) is 0 Å². The van der Waals surface area contributed by atoms with E-state index >= 15 is 0 Å². The Kier molecular flexibility index (Phi) is 5.40. The van der Waals surface area contributed by atoms with Crippen LogP contribution in [-0.4, -0.2) is 37.0 Å². The summed E-state index contributed by atoms with van der Waals surface area (Å²) < 4.78 is 0. The molecule has 0 bridgehead atoms. The molecule has 4 heteroatoms. The second kappa shape index (κ2) is 7.06. The number of thiophene rings is 1. The monoisotopic (exact) mass is 280 g/mol. The van der Waals surface area contributed by atoms with Gasteiger partial charge in [0.15, 0.2) is 0 Å². The van der Waals surface area contributed by atoms with E-state index in [1.54, 1.807) is 0 Å². The van der Waals surface area contributed by atoms with Crippen LogP contribution in [-0.2, 0) is 0 Å². The number of rotatable bonds is 5. The van der Waals surface area contributed by atoms with Crippen LogP contribution in [0.1, 0.15) is 36.4 Å². The number of carbonyl (C=O) groups excluding carboxylic acids is 1. The van der Waals surface area contributed by atoms with Gasteiger partial charge in [0, 0.05) is 19.6 Å². The third-order valence-electron chi connectivity index (χ3n) is 3.63. The van der Waals surface area contributed by atoms with Crippen molar-refractivity contribution in [3.05, 3.63) is 22.4 Å². The topological polar surface area (TPSA) is 32.3 Å². The number of amides is 1. The Balaban J connectivity index is 1.63. The van der Waals surface area contributed by atoms with Gasteiger partial charge in [0.2, 0.25) is 0 Å². The van der Waals surface area contributed by atoms with Crippen molar-refractivity contribution in [2.45, 2.75) is 26.7 Å². The Bertz CT molecular complexity index is 381. The highest BCUT2D eigenvalue weighted by Crippen LogP contribution is 2.20. The second-order valence-electron chi connectivity index (χ2n) is 5.79. The Hall–Kier alpha value is -0.870. The van der Waals surface area contributed by atoms with Crippen LogP contribution < -0.4 is 5.32 Å². The fourth-order valence-electron chi connectivity index (χ4n) is 2.97. The summed E-state index contributed by atoms with van der Waals surface area (Å²) in [6.45, 7) is 8.96. The molecule has 1 aromatic heterocycles. The molecule has 2 rings (SSSR count). The minimum absolute atomic E-state index is 0.0652. The van der Waals surface area contributed by atoms with E-state index in [2.05, 4.69) is 24.1 Å². The quantitative estimate of drug-likeness (QED) is 0.841. The lowest BCUT2D eigenvalue weighted by Gasteiger charge is -2.34. The molecule has 0 aromatic carbocycles. The minimum Gasteiger partial charge on any atom is -0.351 e. The Morgan fingerprint density at radius 2 is 2.16 bits per heavy atom. The number of likely N-dealkylation sites (tertiary alicyclic amines) is 1. The van der Waals surface area contributed by atoms with E-state index in [0.717, 1.165) is 36.2 Å². The molecule has 0 spiro atoms. The third-order valence-corrected chi connectivity index (χ3v) is 4.49. The molecule has 1 fully saturated rings. The molecule has 19 heavy (non-hydrogen) atoms. The predicted molar refractivity (Wildman–Crippen MR) is 80.7 cm³/mol. The van der Waals surface area contributed by atoms with Crippen molar-refractivity contribution in [1.82, 2.24) is 10.2 Å². The Morgan fingerprint density at radius 3 is 2.79 bits per heavy atom. The van der Waals surface area contributed by atoms with Crippen molar-refractivity contribution in [3.8, 4) is 0 Å². The van der Waals surface area contributed by atoms with Crippen molar-refractivity contribution < 1.29 is 4.79 Å². The summed E-state index contributed by atoms with van der Waals surface area (Å²) in [5, 5.41) is 4.93. The van der Waals surface area contributed by atoms with Crippen LogP contribution in [0, 0.1) is 11.8 Å². The van der Waals surface area contributed by atoms with Gasteiger partial charge in [0.25, 0.3) is 5.91 Å². The predicted octanol–water partition coefficient (Wildman–Crippen LogP) is 2.85. The number of hydrogen-bond acceptors (Lipinski definition) is 3. The van der Waals surface area contributed by atoms with Crippen molar-refractivity contribution >= 4 is 17.2 Å². The van der Waals surface area contributed by atoms with Crippen LogP contribution in [0.2, 0.25) is 0 Å². The van der Waals surface area contributed by atoms with Gasteiger partial charge in [-0.3, -0.25) is 4.79 Å². The van der Waals surface area contributed by atoms with Gasteiger partial charge < -0.3 is 10.2 Å². The maximum atomic E-state index is 11.7. The van der Waals surface area contributed by atoms with Crippen LogP contribution in [0.4, 0.5) is 0 Å². The largest absolute Gasteiger partial charge is 0.351 e. The van der Waals surface area contributed by atoms with Gasteiger partial charge in [-0.15, -0.1) is 11.3 Å². The highest BCUT2D eigenvalue weighted by atomic mass is 32.1. The van der Waals surface area contributed by atoms with Crippen molar-refractivity contribution in [1.29, 1.82) is 0 Å². The molecule has 2 atom stereocenters. The summed E-state index contributed by atoms with van der Waals surface area (Å²) in [4.78, 5) is 15.1. The third kappa shape index (κ3) is 4.62. The summed E-state index contributed by atoms with van der Waals surface area (Å²) in [5.41, 5.74) is 0. The van der Waals surface area contributed by atoms with Crippen LogP contribution in [0.25, 0.3) is 0 Å². The second-order valence-corrected chi connectivity index (χ2v) is 6.74. The molecular weight excluding hydrogens is 256 g/mol. The summed E-state index contributed by atoms with van der Waals surface area (Å²) in [6, 6.07) is 3.78. The highest BCUT2D eigenvalue weighted by molar-refractivity contribution is 7.12. The zero-order valence-corrected chi connectivity index (χ0v) is 12.7. The fourth-order valence-corrected chi connectivity index (χ4v) is 3.61. The van der Waals surface area contributed by atoms with E-state index in [0.29, 0.717) is 0 Å². The summed E-state index contributed by atoms with van der Waals surface area (Å²) in [5.74, 6) is 1.68. The molecule has 0 unspecified atom stereocenters. The van der Waals surface area contributed by atoms with Crippen molar-refractivity contribution in [2.24, 2.45) is 11.8 Å². The lowest BCUT2D eigenvalue weighted by Crippen LogP contribution is -2.40. The van der Waals surface area contributed by atoms with Crippen molar-refractivity contribution in [2.75, 3.05) is 26.2 Å². The van der Waals surface area contributed by atoms with E-state index < -0.39 is 0 Å². The minimum atomic E-state index is 0.0652. The highest BCUT2D eigenvalue weighted by Gasteiger charge is 2.21. The Labute approximate surface area is 120 Å². The summed E-state index contributed by atoms with van der Waals surface area (Å²) in [6.07, 6.45) is 2.39. The van der Waals surface area contributed by atoms with Crippen LogP contribution in [0.15, 0.2) is 17.5 Å². The first-order valence-corrected chi connectivity index (χ1v) is 8.07. The Morgan fingerprint density at radius 1 is 1.42 bits per heavy atom. The molecule has 0 saturated carbocycles. The van der Waals surface area contributed by atoms with Gasteiger partial charge in [-0.25, -0.2) is 0 Å². The fraction of sp³-hybridized carbons (Fsp3) is 0.667. The van der Waals surface area contributed by atoms with Gasteiger partial charge >= 0.3 is 0 Å². The maximum absolute atomic E-state index is 11.7. The number of carbonyl (C=O) groups is 1. The molecule has 0 aliphatic carbocycles. The smallest absolute Gasteiger partial charge is 0.261 e. The molecule has 106 valence electrons. The normalized spacial score (nSPS) is 24.3. The standard InChI is InChI=1S/C15H24N2OS/c1-12-9-13(2)11-17(10-12)7-4-6-16-15(18)14-5-3-8-19-14/h3,5,8,12-13H,4,6-7,9-11H2,1-2H3,(H,16,18)/t12-,13-/m1/s1. The van der Waals surface area contributed by atoms with E-state index in [9.17, 15) is 4.79 Å². The average Bonchev–Trinajstić information content (AvgIpc) is 2.87. The number of nitrogens with one attached hydrogen (secondary N) is 1.